The molecule has 1 saturated heterocycles. The number of nitrogens with zero attached hydrogens (tertiary/aromatic N) is 4. The number of carbonyl (C=O) groups is 1. The zero-order chi connectivity index (χ0) is 23.9. The smallest absolute Gasteiger partial charge is 0.253 e. The van der Waals surface area contributed by atoms with Crippen molar-refractivity contribution in [3.63, 3.8) is 0 Å². The second-order valence-electron chi connectivity index (χ2n) is 9.92. The molecule has 6 nitrogen and oxygen atoms in total. The number of amides is 1. The van der Waals surface area contributed by atoms with Crippen molar-refractivity contribution in [1.29, 1.82) is 0 Å². The molecule has 1 unspecified atom stereocenters. The van der Waals surface area contributed by atoms with Gasteiger partial charge in [-0.05, 0) is 57.8 Å². The second-order valence-corrected chi connectivity index (χ2v) is 9.92. The largest absolute Gasteiger partial charge is 0.493 e. The summed E-state index contributed by atoms with van der Waals surface area (Å²) >= 11 is 0. The number of rotatable bonds is 5. The Hall–Kier alpha value is -2.44. The summed E-state index contributed by atoms with van der Waals surface area (Å²) in [5, 5.41) is 0. The topological polar surface area (TPSA) is 48.4 Å². The van der Waals surface area contributed by atoms with Gasteiger partial charge in [0.25, 0.3) is 5.91 Å². The predicted molar refractivity (Wildman–Crippen MR) is 139 cm³/mol. The summed E-state index contributed by atoms with van der Waals surface area (Å²) in [5.41, 5.74) is 0.559. The highest BCUT2D eigenvalue weighted by Crippen LogP contribution is 2.29. The molecule has 0 aromatic rings. The van der Waals surface area contributed by atoms with E-state index in [1.165, 1.54) is 0 Å². The van der Waals surface area contributed by atoms with Gasteiger partial charge in [-0.15, -0.1) is 0 Å². The molecule has 4 aliphatic rings. The lowest BCUT2D eigenvalue weighted by atomic mass is 9.88. The first kappa shape index (κ1) is 24.7. The fraction of sp³-hybridized carbons (Fsp3) is 0.571. The average molecular weight is 465 g/mol. The summed E-state index contributed by atoms with van der Waals surface area (Å²) in [6.07, 6.45) is 20.6. The molecule has 0 N–H and O–H groups in total. The number of piperazine rings is 1. The molecule has 0 aromatic heterocycles. The van der Waals surface area contributed by atoms with Gasteiger partial charge < -0.3 is 9.64 Å². The molecular weight excluding hydrogens is 424 g/mol. The Morgan fingerprint density at radius 2 is 1.65 bits per heavy atom. The van der Waals surface area contributed by atoms with Gasteiger partial charge in [0.15, 0.2) is 0 Å². The van der Waals surface area contributed by atoms with Crippen molar-refractivity contribution in [1.82, 2.24) is 14.7 Å². The number of aliphatic imine (C=N–C) groups is 1. The van der Waals surface area contributed by atoms with Crippen molar-refractivity contribution < 1.29 is 9.53 Å². The molecule has 4 rings (SSSR count). The number of allylic oxidation sites excluding steroid dienone is 5. The minimum atomic E-state index is 0.0669. The van der Waals surface area contributed by atoms with Crippen molar-refractivity contribution in [2.24, 2.45) is 4.99 Å². The van der Waals surface area contributed by atoms with E-state index in [9.17, 15) is 4.79 Å². The molecule has 184 valence electrons. The van der Waals surface area contributed by atoms with Crippen LogP contribution in [0.3, 0.4) is 0 Å². The minimum Gasteiger partial charge on any atom is -0.493 e. The van der Waals surface area contributed by atoms with Gasteiger partial charge in [0.1, 0.15) is 5.76 Å². The molecule has 1 saturated carbocycles. The van der Waals surface area contributed by atoms with E-state index in [2.05, 4.69) is 65.6 Å². The molecule has 0 spiro atoms. The first-order valence-corrected chi connectivity index (χ1v) is 12.9. The fourth-order valence-corrected chi connectivity index (χ4v) is 5.54. The van der Waals surface area contributed by atoms with E-state index in [0.29, 0.717) is 30.7 Å². The number of hydrogen-bond acceptors (Lipinski definition) is 5. The summed E-state index contributed by atoms with van der Waals surface area (Å²) in [7, 11) is 0. The van der Waals surface area contributed by atoms with Crippen molar-refractivity contribution in [3.8, 4) is 0 Å². The Morgan fingerprint density at radius 3 is 2.38 bits per heavy atom. The molecule has 0 bridgehead atoms. The second kappa shape index (κ2) is 11.8. The summed E-state index contributed by atoms with van der Waals surface area (Å²) in [4.78, 5) is 24.5. The Kier molecular flexibility index (Phi) is 8.57. The maximum absolute atomic E-state index is 12.9. The summed E-state index contributed by atoms with van der Waals surface area (Å²) in [6, 6.07) is 1.12. The van der Waals surface area contributed by atoms with Crippen LogP contribution in [-0.2, 0) is 9.53 Å². The SMILES string of the molecule is C=C1/C=C\C=NCCN(C2CCC(N3CCN(C4C=CC=CC=C4OC(C)C)CC3)CC2)C1=O. The quantitative estimate of drug-likeness (QED) is 0.582. The van der Waals surface area contributed by atoms with Gasteiger partial charge in [0.05, 0.1) is 18.7 Å². The van der Waals surface area contributed by atoms with Gasteiger partial charge in [-0.1, -0.05) is 30.9 Å². The third-order valence-electron chi connectivity index (χ3n) is 7.30. The maximum atomic E-state index is 12.9. The summed E-state index contributed by atoms with van der Waals surface area (Å²) in [5.74, 6) is 1.11. The van der Waals surface area contributed by atoms with E-state index in [4.69, 9.17) is 4.74 Å². The van der Waals surface area contributed by atoms with Gasteiger partial charge in [-0.3, -0.25) is 19.6 Å². The first-order valence-electron chi connectivity index (χ1n) is 12.9. The molecular formula is C28H40N4O2. The van der Waals surface area contributed by atoms with Gasteiger partial charge in [-0.2, -0.15) is 0 Å². The third kappa shape index (κ3) is 6.16. The number of ether oxygens (including phenoxy) is 1. The van der Waals surface area contributed by atoms with Gasteiger partial charge in [0.2, 0.25) is 0 Å². The fourth-order valence-electron chi connectivity index (χ4n) is 5.54. The van der Waals surface area contributed by atoms with Crippen LogP contribution in [-0.4, -0.2) is 90.3 Å². The van der Waals surface area contributed by atoms with E-state index >= 15 is 0 Å². The maximum Gasteiger partial charge on any atom is 0.253 e. The van der Waals surface area contributed by atoms with Crippen molar-refractivity contribution in [3.05, 3.63) is 60.4 Å². The molecule has 0 aromatic carbocycles. The molecule has 1 atom stereocenters. The Labute approximate surface area is 205 Å². The van der Waals surface area contributed by atoms with Crippen LogP contribution in [0.25, 0.3) is 0 Å². The highest BCUT2D eigenvalue weighted by atomic mass is 16.5. The molecule has 2 aliphatic carbocycles. The first-order chi connectivity index (χ1) is 16.5. The molecule has 2 fully saturated rings. The number of hydrogen-bond donors (Lipinski definition) is 0. The molecule has 0 radical (unpaired) electrons. The third-order valence-corrected chi connectivity index (χ3v) is 7.30. The zero-order valence-electron chi connectivity index (χ0n) is 20.8. The molecule has 2 heterocycles. The molecule has 2 aliphatic heterocycles. The van der Waals surface area contributed by atoms with Gasteiger partial charge in [-0.25, -0.2) is 0 Å². The Balaban J connectivity index is 1.29. The van der Waals surface area contributed by atoms with E-state index in [1.807, 2.05) is 11.0 Å². The van der Waals surface area contributed by atoms with Crippen molar-refractivity contribution in [2.75, 3.05) is 39.3 Å². The van der Waals surface area contributed by atoms with Crippen LogP contribution < -0.4 is 0 Å². The Bertz CT molecular complexity index is 869. The normalized spacial score (nSPS) is 30.5. The highest BCUT2D eigenvalue weighted by Gasteiger charge is 2.34. The van der Waals surface area contributed by atoms with Gasteiger partial charge in [0, 0.05) is 56.6 Å². The molecule has 1 amide bonds. The lowest BCUT2D eigenvalue weighted by Crippen LogP contribution is -2.55. The zero-order valence-corrected chi connectivity index (χ0v) is 20.8. The molecule has 6 heteroatoms. The van der Waals surface area contributed by atoms with E-state index in [1.54, 1.807) is 12.3 Å². The van der Waals surface area contributed by atoms with Crippen LogP contribution in [0.5, 0.6) is 0 Å². The summed E-state index contributed by atoms with van der Waals surface area (Å²) in [6.45, 7) is 13.7. The van der Waals surface area contributed by atoms with Gasteiger partial charge >= 0.3 is 0 Å². The minimum absolute atomic E-state index is 0.0669. The standard InChI is InChI=1S/C28H40N4O2/c1-22(2)34-27-10-6-4-5-9-26(27)31-20-18-30(19-21-31)24-11-13-25(14-12-24)32-17-16-29-15-7-8-23(3)28(32)33/h4-10,15,22,24-26H,3,11-14,16-21H2,1-2H3/b8-7-,29-15?. The van der Waals surface area contributed by atoms with Crippen LogP contribution in [0.4, 0.5) is 0 Å². The van der Waals surface area contributed by atoms with E-state index in [0.717, 1.165) is 57.6 Å². The van der Waals surface area contributed by atoms with Crippen molar-refractivity contribution in [2.45, 2.75) is 63.8 Å². The van der Waals surface area contributed by atoms with E-state index in [-0.39, 0.29) is 18.1 Å². The molecule has 34 heavy (non-hydrogen) atoms. The monoisotopic (exact) mass is 464 g/mol. The number of carbonyl (C=O) groups excluding carboxylic acids is 1. The lowest BCUT2D eigenvalue weighted by Gasteiger charge is -2.45. The van der Waals surface area contributed by atoms with Crippen LogP contribution >= 0.6 is 0 Å². The van der Waals surface area contributed by atoms with Crippen molar-refractivity contribution >= 4 is 12.1 Å². The lowest BCUT2D eigenvalue weighted by molar-refractivity contribution is -0.129. The summed E-state index contributed by atoms with van der Waals surface area (Å²) < 4.78 is 6.14. The predicted octanol–water partition coefficient (Wildman–Crippen LogP) is 3.74. The Morgan fingerprint density at radius 1 is 0.941 bits per heavy atom. The van der Waals surface area contributed by atoms with Crippen LogP contribution in [0.2, 0.25) is 0 Å². The highest BCUT2D eigenvalue weighted by molar-refractivity contribution is 5.96. The van der Waals surface area contributed by atoms with E-state index < -0.39 is 0 Å². The van der Waals surface area contributed by atoms with Crippen LogP contribution in [0.1, 0.15) is 39.5 Å². The van der Waals surface area contributed by atoms with Crippen LogP contribution in [0, 0.1) is 0 Å². The average Bonchev–Trinajstić information content (AvgIpc) is 3.03. The van der Waals surface area contributed by atoms with Crippen LogP contribution in [0.15, 0.2) is 65.4 Å².